The molecule has 32 heavy (non-hydrogen) atoms. The van der Waals surface area contributed by atoms with Gasteiger partial charge in [-0.3, -0.25) is 9.42 Å². The van der Waals surface area contributed by atoms with E-state index in [0.717, 1.165) is 40.2 Å². The van der Waals surface area contributed by atoms with E-state index in [0.29, 0.717) is 22.6 Å². The van der Waals surface area contributed by atoms with Crippen LogP contribution in [0.1, 0.15) is 58.1 Å². The predicted octanol–water partition coefficient (Wildman–Crippen LogP) is 8.29. The highest BCUT2D eigenvalue weighted by Gasteiger charge is 2.46. The van der Waals surface area contributed by atoms with Crippen LogP contribution >= 0.6 is 31.2 Å². The smallest absolute Gasteiger partial charge is 0.403 e. The molecule has 2 aromatic carbocycles. The first-order chi connectivity index (χ1) is 15.1. The molecule has 2 aliphatic rings. The van der Waals surface area contributed by atoms with Gasteiger partial charge in [0.2, 0.25) is 0 Å². The highest BCUT2D eigenvalue weighted by Crippen LogP contribution is 2.57. The van der Waals surface area contributed by atoms with Crippen LogP contribution in [0.3, 0.4) is 0 Å². The Kier molecular flexibility index (Phi) is 6.87. The average molecular weight is 493 g/mol. The molecule has 1 aliphatic carbocycles. The van der Waals surface area contributed by atoms with Crippen LogP contribution in [0.2, 0.25) is 5.02 Å². The molecule has 4 nitrogen and oxygen atoms in total. The Balaban J connectivity index is 1.68. The molecule has 4 atom stereocenters. The van der Waals surface area contributed by atoms with Crippen molar-refractivity contribution in [1.29, 1.82) is 0 Å². The molecule has 0 aromatic heterocycles. The van der Waals surface area contributed by atoms with Crippen molar-refractivity contribution in [3.8, 4) is 0 Å². The number of fused-ring (bicyclic) bond motifs is 2. The van der Waals surface area contributed by atoms with E-state index in [9.17, 15) is 9.46 Å². The molecule has 4 rings (SSSR count). The molecule has 0 spiro atoms. The van der Waals surface area contributed by atoms with Gasteiger partial charge in [-0.25, -0.2) is 4.57 Å². The Morgan fingerprint density at radius 1 is 1.19 bits per heavy atom. The van der Waals surface area contributed by atoms with E-state index in [4.69, 9.17) is 20.6 Å². The van der Waals surface area contributed by atoms with Gasteiger partial charge in [-0.2, -0.15) is 0 Å². The molecule has 1 unspecified atom stereocenters. The van der Waals surface area contributed by atoms with Crippen LogP contribution in [0.5, 0.6) is 0 Å². The lowest BCUT2D eigenvalue weighted by molar-refractivity contribution is -0.0425. The fourth-order valence-corrected chi connectivity index (χ4v) is 6.97. The summed E-state index contributed by atoms with van der Waals surface area (Å²) < 4.78 is 25.0. The maximum Gasteiger partial charge on any atom is 0.527 e. The van der Waals surface area contributed by atoms with Crippen LogP contribution in [-0.2, 0) is 13.6 Å². The molecule has 0 radical (unpaired) electrons. The van der Waals surface area contributed by atoms with Crippen molar-refractivity contribution in [3.63, 3.8) is 0 Å². The minimum Gasteiger partial charge on any atom is -0.403 e. The Morgan fingerprint density at radius 3 is 2.66 bits per heavy atom. The summed E-state index contributed by atoms with van der Waals surface area (Å²) in [6.07, 6.45) is 4.18. The van der Waals surface area contributed by atoms with Gasteiger partial charge in [-0.1, -0.05) is 75.3 Å². The summed E-state index contributed by atoms with van der Waals surface area (Å²) in [7, 11) is -4.40. The molecule has 1 heterocycles. The maximum absolute atomic E-state index is 13.3. The van der Waals surface area contributed by atoms with Gasteiger partial charge >= 0.3 is 7.82 Å². The number of rotatable bonds is 5. The normalized spacial score (nSPS) is 27.0. The second-order valence-corrected chi connectivity index (χ2v) is 12.3. The molecule has 172 valence electrons. The van der Waals surface area contributed by atoms with Crippen molar-refractivity contribution in [2.45, 2.75) is 62.9 Å². The Bertz CT molecular complexity index is 1090. The van der Waals surface area contributed by atoms with Gasteiger partial charge in [-0.15, -0.1) is 0 Å². The van der Waals surface area contributed by atoms with E-state index in [1.807, 2.05) is 36.4 Å². The zero-order valence-corrected chi connectivity index (χ0v) is 21.3. The molecule has 1 fully saturated rings. The van der Waals surface area contributed by atoms with Crippen molar-refractivity contribution in [2.75, 3.05) is 0 Å². The Hall–Kier alpha value is -1.23. The second-order valence-electron chi connectivity index (χ2n) is 9.45. The van der Waals surface area contributed by atoms with Crippen LogP contribution in [0, 0.1) is 17.3 Å². The topological polar surface area (TPSA) is 55.8 Å². The lowest BCUT2D eigenvalue weighted by Gasteiger charge is -2.46. The highest BCUT2D eigenvalue weighted by atomic mass is 35.5. The molecule has 0 amide bonds. The minimum absolute atomic E-state index is 0.185. The van der Waals surface area contributed by atoms with Gasteiger partial charge in [0.05, 0.1) is 6.10 Å². The fraction of sp³-hybridized carbons (Fsp3) is 0.440. The molecule has 2 aromatic rings. The van der Waals surface area contributed by atoms with E-state index in [1.54, 1.807) is 23.9 Å². The van der Waals surface area contributed by atoms with Gasteiger partial charge in [0.1, 0.15) is 5.76 Å². The summed E-state index contributed by atoms with van der Waals surface area (Å²) in [6, 6.07) is 13.4. The van der Waals surface area contributed by atoms with Crippen LogP contribution in [0.15, 0.2) is 52.3 Å². The highest BCUT2D eigenvalue weighted by molar-refractivity contribution is 7.99. The fourth-order valence-electron chi connectivity index (χ4n) is 4.51. The van der Waals surface area contributed by atoms with E-state index in [2.05, 4.69) is 27.7 Å². The third-order valence-corrected chi connectivity index (χ3v) is 9.41. The number of benzene rings is 2. The average Bonchev–Trinajstić information content (AvgIpc) is 2.88. The molecule has 1 N–H and O–H groups in total. The Labute approximate surface area is 200 Å². The van der Waals surface area contributed by atoms with E-state index in [-0.39, 0.29) is 11.5 Å². The van der Waals surface area contributed by atoms with Gasteiger partial charge in [0.25, 0.3) is 0 Å². The van der Waals surface area contributed by atoms with Crippen LogP contribution in [0.25, 0.3) is 11.8 Å². The van der Waals surface area contributed by atoms with Crippen LogP contribution in [-0.4, -0.2) is 11.0 Å². The SMILES string of the molecule is CC(C)[C@]1(C)CC[C@H](C)C[C@@H]1OP(=O)(O)OC1=Cc2c(Cl)cccc2Sc2ccccc21. The van der Waals surface area contributed by atoms with Crippen LogP contribution < -0.4 is 0 Å². The van der Waals surface area contributed by atoms with E-state index in [1.165, 1.54) is 0 Å². The van der Waals surface area contributed by atoms with E-state index < -0.39 is 7.82 Å². The molecule has 1 saturated carbocycles. The standard InChI is InChI=1S/C25H30ClO4PS/c1-16(2)25(4)13-12-17(3)14-24(25)30-31(27,28)29-21-15-19-20(26)9-7-11-23(19)32-22-10-6-5-8-18(21)22/h5-11,15-17,24H,12-14H2,1-4H3,(H,27,28)/t17-,24-,25-/m0/s1. The third-order valence-electron chi connectivity index (χ3n) is 6.98. The number of phosphoric ester groups is 1. The van der Waals surface area contributed by atoms with Crippen LogP contribution in [0.4, 0.5) is 0 Å². The molecular formula is C25H30ClO4PS. The number of hydrogen-bond donors (Lipinski definition) is 1. The molecule has 0 saturated heterocycles. The Morgan fingerprint density at radius 2 is 1.91 bits per heavy atom. The van der Waals surface area contributed by atoms with Gasteiger partial charge in [0, 0.05) is 25.9 Å². The van der Waals surface area contributed by atoms with Crippen molar-refractivity contribution in [3.05, 3.63) is 58.6 Å². The lowest BCUT2D eigenvalue weighted by Crippen LogP contribution is -2.43. The largest absolute Gasteiger partial charge is 0.527 e. The molecular weight excluding hydrogens is 463 g/mol. The second kappa shape index (κ2) is 9.19. The summed E-state index contributed by atoms with van der Waals surface area (Å²) in [6.45, 7) is 8.62. The van der Waals surface area contributed by atoms with Gasteiger partial charge in [-0.05, 0) is 60.8 Å². The zero-order chi connectivity index (χ0) is 23.1. The third kappa shape index (κ3) is 4.83. The monoisotopic (exact) mass is 492 g/mol. The van der Waals surface area contributed by atoms with Crippen molar-refractivity contribution in [2.24, 2.45) is 17.3 Å². The first-order valence-corrected chi connectivity index (χ1v) is 13.8. The van der Waals surface area contributed by atoms with Crippen molar-refractivity contribution < 1.29 is 18.5 Å². The number of halogens is 1. The lowest BCUT2D eigenvalue weighted by atomic mass is 9.64. The minimum atomic E-state index is -4.40. The molecule has 7 heteroatoms. The zero-order valence-electron chi connectivity index (χ0n) is 18.9. The first kappa shape index (κ1) is 23.9. The first-order valence-electron chi connectivity index (χ1n) is 11.1. The van der Waals surface area contributed by atoms with Gasteiger partial charge in [0.15, 0.2) is 0 Å². The predicted molar refractivity (Wildman–Crippen MR) is 132 cm³/mol. The number of phosphoric acid groups is 1. The summed E-state index contributed by atoms with van der Waals surface area (Å²) in [5, 5.41) is 0.561. The van der Waals surface area contributed by atoms with Gasteiger partial charge < -0.3 is 4.52 Å². The molecule has 0 bridgehead atoms. The quantitative estimate of drug-likeness (QED) is 0.425. The molecule has 1 aliphatic heterocycles. The van der Waals surface area contributed by atoms with E-state index >= 15 is 0 Å². The van der Waals surface area contributed by atoms with Crippen molar-refractivity contribution in [1.82, 2.24) is 0 Å². The number of hydrogen-bond acceptors (Lipinski definition) is 4. The summed E-state index contributed by atoms with van der Waals surface area (Å²) >= 11 is 8.02. The summed E-state index contributed by atoms with van der Waals surface area (Å²) in [5.41, 5.74) is 1.32. The summed E-state index contributed by atoms with van der Waals surface area (Å²) in [5.74, 6) is 1.05. The summed E-state index contributed by atoms with van der Waals surface area (Å²) in [4.78, 5) is 12.8. The van der Waals surface area contributed by atoms with Crippen molar-refractivity contribution >= 4 is 43.0 Å². The maximum atomic E-state index is 13.3.